The molecule has 1 aromatic carbocycles. The third-order valence-corrected chi connectivity index (χ3v) is 4.62. The van der Waals surface area contributed by atoms with Crippen molar-refractivity contribution in [3.8, 4) is 11.5 Å². The second-order valence-electron chi connectivity index (χ2n) is 5.53. The zero-order valence-electron chi connectivity index (χ0n) is 12.0. The number of carboxylic acids is 1. The molecule has 2 aliphatic rings. The summed E-state index contributed by atoms with van der Waals surface area (Å²) in [5.74, 6) is -0.768. The molecule has 22 heavy (non-hydrogen) atoms. The van der Waals surface area contributed by atoms with Gasteiger partial charge in [0, 0.05) is 4.47 Å². The Labute approximate surface area is 135 Å². The van der Waals surface area contributed by atoms with Gasteiger partial charge in [-0.25, -0.2) is 0 Å². The Morgan fingerprint density at radius 1 is 1.27 bits per heavy atom. The fourth-order valence-corrected chi connectivity index (χ4v) is 3.23. The van der Waals surface area contributed by atoms with Crippen LogP contribution in [0.3, 0.4) is 0 Å². The van der Waals surface area contributed by atoms with Crippen molar-refractivity contribution < 1.29 is 24.2 Å². The molecule has 0 unspecified atom stereocenters. The van der Waals surface area contributed by atoms with Gasteiger partial charge in [-0.3, -0.25) is 9.59 Å². The van der Waals surface area contributed by atoms with E-state index in [-0.39, 0.29) is 11.9 Å². The zero-order chi connectivity index (χ0) is 15.9. The fraction of sp³-hybridized carbons (Fsp3) is 0.467. The predicted octanol–water partition coefficient (Wildman–Crippen LogP) is 2.12. The fourth-order valence-electron chi connectivity index (χ4n) is 2.57. The van der Waals surface area contributed by atoms with Crippen molar-refractivity contribution in [2.75, 3.05) is 13.2 Å². The van der Waals surface area contributed by atoms with Crippen LogP contribution in [0, 0.1) is 11.8 Å². The van der Waals surface area contributed by atoms with E-state index in [1.807, 2.05) is 19.1 Å². The molecule has 118 valence electrons. The monoisotopic (exact) mass is 369 g/mol. The Morgan fingerprint density at radius 2 is 1.91 bits per heavy atom. The molecule has 1 fully saturated rings. The van der Waals surface area contributed by atoms with E-state index in [1.54, 1.807) is 0 Å². The van der Waals surface area contributed by atoms with Gasteiger partial charge < -0.3 is 19.9 Å². The lowest BCUT2D eigenvalue weighted by molar-refractivity contribution is -0.140. The second-order valence-corrected chi connectivity index (χ2v) is 6.39. The average molecular weight is 370 g/mol. The third-order valence-electron chi connectivity index (χ3n) is 3.93. The van der Waals surface area contributed by atoms with E-state index >= 15 is 0 Å². The van der Waals surface area contributed by atoms with E-state index in [0.29, 0.717) is 31.1 Å². The second kappa shape index (κ2) is 5.79. The van der Waals surface area contributed by atoms with Crippen LogP contribution in [0.25, 0.3) is 0 Å². The van der Waals surface area contributed by atoms with Crippen molar-refractivity contribution in [2.24, 2.45) is 11.8 Å². The summed E-state index contributed by atoms with van der Waals surface area (Å²) in [6.07, 6.45) is 0.413. The van der Waals surface area contributed by atoms with Crippen LogP contribution < -0.4 is 14.8 Å². The smallest absolute Gasteiger partial charge is 0.307 e. The van der Waals surface area contributed by atoms with Crippen LogP contribution in [-0.2, 0) is 9.59 Å². The number of rotatable bonds is 4. The highest BCUT2D eigenvalue weighted by Crippen LogP contribution is 2.40. The molecule has 1 aromatic rings. The van der Waals surface area contributed by atoms with Crippen LogP contribution in [-0.4, -0.2) is 30.2 Å². The normalized spacial score (nSPS) is 23.5. The van der Waals surface area contributed by atoms with Crippen LogP contribution in [0.4, 0.5) is 0 Å². The molecule has 6 nitrogen and oxygen atoms in total. The van der Waals surface area contributed by atoms with Gasteiger partial charge in [-0.1, -0.05) is 15.9 Å². The number of amides is 1. The molecule has 0 bridgehead atoms. The maximum absolute atomic E-state index is 12.1. The number of carbonyl (C=O) groups excluding carboxylic acids is 1. The van der Waals surface area contributed by atoms with Gasteiger partial charge in [-0.15, -0.1) is 0 Å². The number of nitrogens with one attached hydrogen (secondary N) is 1. The van der Waals surface area contributed by atoms with E-state index < -0.39 is 17.8 Å². The third kappa shape index (κ3) is 2.90. The summed E-state index contributed by atoms with van der Waals surface area (Å²) in [6.45, 7) is 2.87. The molecule has 0 aromatic heterocycles. The average Bonchev–Trinajstić information content (AvgIpc) is 3.27. The van der Waals surface area contributed by atoms with Gasteiger partial charge in [0.1, 0.15) is 13.2 Å². The zero-order valence-corrected chi connectivity index (χ0v) is 13.6. The van der Waals surface area contributed by atoms with Gasteiger partial charge in [-0.2, -0.15) is 0 Å². The van der Waals surface area contributed by atoms with Crippen LogP contribution in [0.15, 0.2) is 16.6 Å². The van der Waals surface area contributed by atoms with E-state index in [9.17, 15) is 9.59 Å². The first-order chi connectivity index (χ1) is 10.5. The number of fused-ring (bicyclic) bond motifs is 1. The molecule has 1 saturated carbocycles. The number of halogens is 1. The van der Waals surface area contributed by atoms with Gasteiger partial charge in [0.05, 0.1) is 17.9 Å². The summed E-state index contributed by atoms with van der Waals surface area (Å²) in [7, 11) is 0. The lowest BCUT2D eigenvalue weighted by Crippen LogP contribution is -2.29. The molecule has 1 amide bonds. The van der Waals surface area contributed by atoms with Crippen LogP contribution >= 0.6 is 15.9 Å². The van der Waals surface area contributed by atoms with Gasteiger partial charge in [-0.05, 0) is 31.0 Å². The van der Waals surface area contributed by atoms with Crippen molar-refractivity contribution in [1.82, 2.24) is 5.32 Å². The number of carboxylic acid groups (broad SMARTS) is 1. The molecular weight excluding hydrogens is 354 g/mol. The van der Waals surface area contributed by atoms with Crippen LogP contribution in [0.2, 0.25) is 0 Å². The van der Waals surface area contributed by atoms with Gasteiger partial charge >= 0.3 is 5.97 Å². The lowest BCUT2D eigenvalue weighted by atomic mass is 10.1. The van der Waals surface area contributed by atoms with Crippen molar-refractivity contribution in [1.29, 1.82) is 0 Å². The molecule has 3 rings (SSSR count). The minimum Gasteiger partial charge on any atom is -0.486 e. The number of hydrogen-bond donors (Lipinski definition) is 2. The predicted molar refractivity (Wildman–Crippen MR) is 80.9 cm³/mol. The SMILES string of the molecule is C[C@H](NC(=O)[C@H]1C[C@@H]1C(=O)O)c1cc2c(cc1Br)OCCO2. The number of benzene rings is 1. The van der Waals surface area contributed by atoms with Gasteiger partial charge in [0.25, 0.3) is 0 Å². The Kier molecular flexibility index (Phi) is 3.99. The Bertz CT molecular complexity index is 633. The number of carbonyl (C=O) groups is 2. The van der Waals surface area contributed by atoms with Crippen molar-refractivity contribution in [3.63, 3.8) is 0 Å². The highest BCUT2D eigenvalue weighted by Gasteiger charge is 2.48. The minimum absolute atomic E-state index is 0.221. The van der Waals surface area contributed by atoms with E-state index in [0.717, 1.165) is 10.0 Å². The van der Waals surface area contributed by atoms with Gasteiger partial charge in [0.2, 0.25) is 5.91 Å². The number of aliphatic carboxylic acids is 1. The van der Waals surface area contributed by atoms with E-state index in [1.165, 1.54) is 0 Å². The maximum Gasteiger partial charge on any atom is 0.307 e. The number of hydrogen-bond acceptors (Lipinski definition) is 4. The van der Waals surface area contributed by atoms with Crippen molar-refractivity contribution >= 4 is 27.8 Å². The first kappa shape index (κ1) is 15.1. The molecule has 7 heteroatoms. The quantitative estimate of drug-likeness (QED) is 0.848. The minimum atomic E-state index is -0.909. The summed E-state index contributed by atoms with van der Waals surface area (Å²) in [4.78, 5) is 22.9. The van der Waals surface area contributed by atoms with Gasteiger partial charge in [0.15, 0.2) is 11.5 Å². The lowest BCUT2D eigenvalue weighted by Gasteiger charge is -2.22. The molecular formula is C15H16BrNO5. The molecule has 1 heterocycles. The topological polar surface area (TPSA) is 84.9 Å². The van der Waals surface area contributed by atoms with Crippen LogP contribution in [0.1, 0.15) is 24.9 Å². The summed E-state index contributed by atoms with van der Waals surface area (Å²) in [6, 6.07) is 3.40. The van der Waals surface area contributed by atoms with Crippen LogP contribution in [0.5, 0.6) is 11.5 Å². The summed E-state index contributed by atoms with van der Waals surface area (Å²) in [5.41, 5.74) is 0.866. The van der Waals surface area contributed by atoms with Crippen molar-refractivity contribution in [2.45, 2.75) is 19.4 Å². The Hall–Kier alpha value is -1.76. The Balaban J connectivity index is 1.71. The van der Waals surface area contributed by atoms with E-state index in [4.69, 9.17) is 14.6 Å². The first-order valence-corrected chi connectivity index (χ1v) is 7.89. The summed E-state index contributed by atoms with van der Waals surface area (Å²) >= 11 is 3.47. The molecule has 1 aliphatic heterocycles. The van der Waals surface area contributed by atoms with E-state index in [2.05, 4.69) is 21.2 Å². The molecule has 0 saturated heterocycles. The molecule has 1 aliphatic carbocycles. The van der Waals surface area contributed by atoms with Crippen molar-refractivity contribution in [3.05, 3.63) is 22.2 Å². The highest BCUT2D eigenvalue weighted by atomic mass is 79.9. The largest absolute Gasteiger partial charge is 0.486 e. The molecule has 2 N–H and O–H groups in total. The summed E-state index contributed by atoms with van der Waals surface area (Å²) in [5, 5.41) is 11.7. The number of ether oxygens (including phenoxy) is 2. The molecule has 0 radical (unpaired) electrons. The highest BCUT2D eigenvalue weighted by molar-refractivity contribution is 9.10. The molecule has 0 spiro atoms. The summed E-state index contributed by atoms with van der Waals surface area (Å²) < 4.78 is 11.9. The Morgan fingerprint density at radius 3 is 2.50 bits per heavy atom. The molecule has 3 atom stereocenters. The first-order valence-electron chi connectivity index (χ1n) is 7.09. The standard InChI is InChI=1S/C15H16BrNO5/c1-7(17-14(18)9-4-10(9)15(19)20)8-5-12-13(6-11(8)16)22-3-2-21-12/h5-7,9-10H,2-4H2,1H3,(H,17,18)(H,19,20)/t7-,9-,10-/m0/s1. The maximum atomic E-state index is 12.1.